The maximum atomic E-state index is 13.1. The molecule has 1 atom stereocenters. The first kappa shape index (κ1) is 18.2. The van der Waals surface area contributed by atoms with Gasteiger partial charge in [0.25, 0.3) is 5.91 Å². The number of aromatic nitrogens is 1. The van der Waals surface area contributed by atoms with E-state index in [-0.39, 0.29) is 12.5 Å². The average molecular weight is 393 g/mol. The zero-order valence-electron chi connectivity index (χ0n) is 15.5. The standard InChI is InChI=1S/C21H19N3O3S/c1-21(15-9-6-10-17(11-15)27-2)19(25)24(20(26)23-21)12-16-13-28-18(22-16)14-7-4-3-5-8-14/h3-11,13H,12H2,1-2H3,(H,23,26)/t21-/m1/s1. The fourth-order valence-corrected chi connectivity index (χ4v) is 4.04. The van der Waals surface area contributed by atoms with Gasteiger partial charge in [-0.1, -0.05) is 42.5 Å². The Morgan fingerprint density at radius 1 is 1.14 bits per heavy atom. The van der Waals surface area contributed by atoms with E-state index in [4.69, 9.17) is 4.74 Å². The Bertz CT molecular complexity index is 1030. The number of rotatable bonds is 5. The second-order valence-electron chi connectivity index (χ2n) is 6.69. The van der Waals surface area contributed by atoms with Crippen LogP contribution < -0.4 is 10.1 Å². The molecule has 142 valence electrons. The summed E-state index contributed by atoms with van der Waals surface area (Å²) in [5, 5.41) is 5.55. The van der Waals surface area contributed by atoms with Crippen molar-refractivity contribution in [2.75, 3.05) is 7.11 Å². The predicted molar refractivity (Wildman–Crippen MR) is 107 cm³/mol. The first-order valence-electron chi connectivity index (χ1n) is 8.80. The van der Waals surface area contributed by atoms with Crippen LogP contribution in [0.2, 0.25) is 0 Å². The van der Waals surface area contributed by atoms with Gasteiger partial charge in [0.2, 0.25) is 0 Å². The molecule has 1 saturated heterocycles. The molecule has 0 aliphatic carbocycles. The molecule has 3 aromatic rings. The summed E-state index contributed by atoms with van der Waals surface area (Å²) in [4.78, 5) is 31.4. The van der Waals surface area contributed by atoms with Gasteiger partial charge >= 0.3 is 6.03 Å². The number of thiazole rings is 1. The molecule has 0 unspecified atom stereocenters. The van der Waals surface area contributed by atoms with Crippen molar-refractivity contribution in [3.05, 3.63) is 71.2 Å². The van der Waals surface area contributed by atoms with Crippen LogP contribution in [0.4, 0.5) is 4.79 Å². The normalized spacial score (nSPS) is 19.0. The highest BCUT2D eigenvalue weighted by Gasteiger charge is 2.49. The van der Waals surface area contributed by atoms with Crippen molar-refractivity contribution in [2.45, 2.75) is 19.0 Å². The fourth-order valence-electron chi connectivity index (χ4n) is 3.23. The van der Waals surface area contributed by atoms with Crippen molar-refractivity contribution in [3.8, 4) is 16.3 Å². The maximum absolute atomic E-state index is 13.1. The van der Waals surface area contributed by atoms with E-state index in [1.54, 1.807) is 38.3 Å². The number of benzene rings is 2. The van der Waals surface area contributed by atoms with E-state index in [1.807, 2.05) is 35.7 Å². The molecule has 1 fully saturated rings. The van der Waals surface area contributed by atoms with Crippen molar-refractivity contribution in [1.29, 1.82) is 0 Å². The van der Waals surface area contributed by atoms with E-state index in [0.717, 1.165) is 10.6 Å². The first-order chi connectivity index (χ1) is 13.5. The second kappa shape index (κ2) is 7.09. The molecule has 0 bridgehead atoms. The summed E-state index contributed by atoms with van der Waals surface area (Å²) in [7, 11) is 1.56. The van der Waals surface area contributed by atoms with Gasteiger partial charge in [0.05, 0.1) is 19.3 Å². The van der Waals surface area contributed by atoms with Crippen molar-refractivity contribution in [2.24, 2.45) is 0 Å². The van der Waals surface area contributed by atoms with E-state index in [2.05, 4.69) is 10.3 Å². The largest absolute Gasteiger partial charge is 0.497 e. The van der Waals surface area contributed by atoms with Gasteiger partial charge in [-0.2, -0.15) is 0 Å². The molecule has 0 radical (unpaired) electrons. The molecule has 1 N–H and O–H groups in total. The highest BCUT2D eigenvalue weighted by molar-refractivity contribution is 7.13. The number of urea groups is 1. The number of carbonyl (C=O) groups is 2. The monoisotopic (exact) mass is 393 g/mol. The number of ether oxygens (including phenoxy) is 1. The molecule has 7 heteroatoms. The summed E-state index contributed by atoms with van der Waals surface area (Å²) < 4.78 is 5.24. The quantitative estimate of drug-likeness (QED) is 0.670. The van der Waals surface area contributed by atoms with Crippen molar-refractivity contribution < 1.29 is 14.3 Å². The van der Waals surface area contributed by atoms with Crippen molar-refractivity contribution >= 4 is 23.3 Å². The maximum Gasteiger partial charge on any atom is 0.325 e. The van der Waals surface area contributed by atoms with Crippen LogP contribution in [0.3, 0.4) is 0 Å². The van der Waals surface area contributed by atoms with Gasteiger partial charge in [-0.05, 0) is 24.6 Å². The average Bonchev–Trinajstić information content (AvgIpc) is 3.28. The smallest absolute Gasteiger partial charge is 0.325 e. The van der Waals surface area contributed by atoms with Gasteiger partial charge < -0.3 is 10.1 Å². The molecule has 28 heavy (non-hydrogen) atoms. The van der Waals surface area contributed by atoms with Gasteiger partial charge in [0, 0.05) is 10.9 Å². The van der Waals surface area contributed by atoms with E-state index in [0.29, 0.717) is 17.0 Å². The Hall–Kier alpha value is -3.19. The molecule has 2 aromatic carbocycles. The number of hydrogen-bond acceptors (Lipinski definition) is 5. The molecular weight excluding hydrogens is 374 g/mol. The summed E-state index contributed by atoms with van der Waals surface area (Å²) >= 11 is 1.49. The zero-order chi connectivity index (χ0) is 19.7. The van der Waals surface area contributed by atoms with Gasteiger partial charge in [0.1, 0.15) is 16.3 Å². The SMILES string of the molecule is COc1cccc([C@@]2(C)NC(=O)N(Cc3csc(-c4ccccc4)n3)C2=O)c1. The van der Waals surface area contributed by atoms with E-state index in [9.17, 15) is 9.59 Å². The lowest BCUT2D eigenvalue weighted by molar-refractivity contribution is -0.131. The molecule has 2 heterocycles. The van der Waals surface area contributed by atoms with Crippen LogP contribution in [0.25, 0.3) is 10.6 Å². The molecule has 3 amide bonds. The van der Waals surface area contributed by atoms with E-state index >= 15 is 0 Å². The fraction of sp³-hybridized carbons (Fsp3) is 0.190. The number of hydrogen-bond donors (Lipinski definition) is 1. The number of carbonyl (C=O) groups excluding carboxylic acids is 2. The number of nitrogens with one attached hydrogen (secondary N) is 1. The Kier molecular flexibility index (Phi) is 4.60. The van der Waals surface area contributed by atoms with Gasteiger partial charge in [-0.25, -0.2) is 9.78 Å². The Morgan fingerprint density at radius 3 is 2.68 bits per heavy atom. The summed E-state index contributed by atoms with van der Waals surface area (Å²) in [6.07, 6.45) is 0. The third kappa shape index (κ3) is 3.14. The molecular formula is C21H19N3O3S. The summed E-state index contributed by atoms with van der Waals surface area (Å²) in [6, 6.07) is 16.6. The van der Waals surface area contributed by atoms with E-state index in [1.165, 1.54) is 16.2 Å². The van der Waals surface area contributed by atoms with Gasteiger partial charge in [0.15, 0.2) is 0 Å². The minimum atomic E-state index is -1.14. The van der Waals surface area contributed by atoms with Gasteiger partial charge in [-0.3, -0.25) is 9.69 Å². The number of amides is 3. The Morgan fingerprint density at radius 2 is 1.93 bits per heavy atom. The van der Waals surface area contributed by atoms with Crippen LogP contribution in [0.15, 0.2) is 60.0 Å². The van der Waals surface area contributed by atoms with Crippen LogP contribution in [-0.2, 0) is 16.9 Å². The third-order valence-electron chi connectivity index (χ3n) is 4.81. The lowest BCUT2D eigenvalue weighted by Crippen LogP contribution is -2.40. The van der Waals surface area contributed by atoms with Gasteiger partial charge in [-0.15, -0.1) is 11.3 Å². The number of imide groups is 1. The summed E-state index contributed by atoms with van der Waals surface area (Å²) in [5.74, 6) is 0.325. The van der Waals surface area contributed by atoms with Crippen LogP contribution in [0.5, 0.6) is 5.75 Å². The number of methoxy groups -OCH3 is 1. The molecule has 1 aliphatic rings. The predicted octanol–water partition coefficient (Wildman–Crippen LogP) is 3.79. The molecule has 0 saturated carbocycles. The van der Waals surface area contributed by atoms with Crippen LogP contribution in [0, 0.1) is 0 Å². The summed E-state index contributed by atoms with van der Waals surface area (Å²) in [5.41, 5.74) is 1.24. The highest BCUT2D eigenvalue weighted by Crippen LogP contribution is 2.32. The Balaban J connectivity index is 1.57. The minimum Gasteiger partial charge on any atom is -0.497 e. The lowest BCUT2D eigenvalue weighted by Gasteiger charge is -2.22. The molecule has 1 aromatic heterocycles. The van der Waals surface area contributed by atoms with E-state index < -0.39 is 11.6 Å². The first-order valence-corrected chi connectivity index (χ1v) is 9.68. The number of nitrogens with zero attached hydrogens (tertiary/aromatic N) is 2. The zero-order valence-corrected chi connectivity index (χ0v) is 16.3. The topological polar surface area (TPSA) is 71.5 Å². The molecule has 6 nitrogen and oxygen atoms in total. The summed E-state index contributed by atoms with van der Waals surface area (Å²) in [6.45, 7) is 1.84. The molecule has 4 rings (SSSR count). The van der Waals surface area contributed by atoms with Crippen LogP contribution in [0.1, 0.15) is 18.2 Å². The van der Waals surface area contributed by atoms with Crippen LogP contribution >= 0.6 is 11.3 Å². The second-order valence-corrected chi connectivity index (χ2v) is 7.55. The third-order valence-corrected chi connectivity index (χ3v) is 5.75. The minimum absolute atomic E-state index is 0.132. The lowest BCUT2D eigenvalue weighted by atomic mass is 9.92. The Labute approximate surface area is 166 Å². The molecule has 1 aliphatic heterocycles. The highest BCUT2D eigenvalue weighted by atomic mass is 32.1. The van der Waals surface area contributed by atoms with Crippen LogP contribution in [-0.4, -0.2) is 28.9 Å². The van der Waals surface area contributed by atoms with Crippen molar-refractivity contribution in [3.63, 3.8) is 0 Å². The van der Waals surface area contributed by atoms with Crippen molar-refractivity contribution in [1.82, 2.24) is 15.2 Å². The molecule has 0 spiro atoms.